The lowest BCUT2D eigenvalue weighted by Gasteiger charge is -2.25. The fourth-order valence-electron chi connectivity index (χ4n) is 2.82. The standard InChI is InChI=1S/C17H16N2O4/c1-11(12-4-3-5-15(8-12)23-2)18-10-13-6-7-14(19(21)22)9-16(13)17(18)20/h3-9,11H,10H2,1-2H3/t11-/m1/s1. The van der Waals surface area contributed by atoms with Crippen molar-refractivity contribution in [3.63, 3.8) is 0 Å². The smallest absolute Gasteiger partial charge is 0.270 e. The highest BCUT2D eigenvalue weighted by Crippen LogP contribution is 2.33. The van der Waals surface area contributed by atoms with E-state index in [2.05, 4.69) is 0 Å². The Bertz CT molecular complexity index is 788. The van der Waals surface area contributed by atoms with Gasteiger partial charge in [0.2, 0.25) is 0 Å². The first kappa shape index (κ1) is 15.0. The molecule has 0 aliphatic carbocycles. The number of hydrogen-bond donors (Lipinski definition) is 0. The number of nitro groups is 1. The van der Waals surface area contributed by atoms with Crippen LogP contribution < -0.4 is 4.74 Å². The van der Waals surface area contributed by atoms with Crippen LogP contribution in [0.2, 0.25) is 0 Å². The number of rotatable bonds is 4. The molecule has 0 bridgehead atoms. The molecular weight excluding hydrogens is 296 g/mol. The molecule has 0 unspecified atom stereocenters. The van der Waals surface area contributed by atoms with E-state index in [9.17, 15) is 14.9 Å². The van der Waals surface area contributed by atoms with Gasteiger partial charge in [0.1, 0.15) is 5.75 Å². The van der Waals surface area contributed by atoms with Crippen LogP contribution in [0.4, 0.5) is 5.69 Å². The molecule has 0 aromatic heterocycles. The van der Waals surface area contributed by atoms with Crippen LogP contribution in [0.5, 0.6) is 5.75 Å². The molecule has 0 fully saturated rings. The maximum absolute atomic E-state index is 12.6. The van der Waals surface area contributed by atoms with Crippen molar-refractivity contribution in [1.29, 1.82) is 0 Å². The molecule has 23 heavy (non-hydrogen) atoms. The maximum Gasteiger partial charge on any atom is 0.270 e. The van der Waals surface area contributed by atoms with Crippen LogP contribution in [0, 0.1) is 10.1 Å². The minimum absolute atomic E-state index is 0.0621. The molecule has 0 spiro atoms. The van der Waals surface area contributed by atoms with Crippen LogP contribution in [-0.2, 0) is 6.54 Å². The first-order chi connectivity index (χ1) is 11.0. The number of benzene rings is 2. The highest BCUT2D eigenvalue weighted by molar-refractivity contribution is 5.99. The summed E-state index contributed by atoms with van der Waals surface area (Å²) in [5, 5.41) is 10.9. The van der Waals surface area contributed by atoms with Gasteiger partial charge in [0, 0.05) is 18.7 Å². The van der Waals surface area contributed by atoms with Crippen molar-refractivity contribution in [2.24, 2.45) is 0 Å². The zero-order chi connectivity index (χ0) is 16.6. The van der Waals surface area contributed by atoms with Crippen LogP contribution in [0.15, 0.2) is 42.5 Å². The van der Waals surface area contributed by atoms with Gasteiger partial charge in [-0.3, -0.25) is 14.9 Å². The van der Waals surface area contributed by atoms with Crippen molar-refractivity contribution in [3.8, 4) is 5.75 Å². The molecule has 1 amide bonds. The van der Waals surface area contributed by atoms with E-state index < -0.39 is 4.92 Å². The number of amides is 1. The van der Waals surface area contributed by atoms with Gasteiger partial charge in [0.05, 0.1) is 23.6 Å². The lowest BCUT2D eigenvalue weighted by Crippen LogP contribution is -2.27. The molecule has 1 aliphatic rings. The topological polar surface area (TPSA) is 72.7 Å². The number of carbonyl (C=O) groups excluding carboxylic acids is 1. The molecule has 3 rings (SSSR count). The maximum atomic E-state index is 12.6. The molecule has 1 atom stereocenters. The lowest BCUT2D eigenvalue weighted by molar-refractivity contribution is -0.384. The van der Waals surface area contributed by atoms with Crippen LogP contribution in [0.3, 0.4) is 0 Å². The molecule has 2 aromatic rings. The van der Waals surface area contributed by atoms with Gasteiger partial charge in [-0.2, -0.15) is 0 Å². The number of methoxy groups -OCH3 is 1. The minimum Gasteiger partial charge on any atom is -0.497 e. The molecule has 0 saturated heterocycles. The first-order valence-electron chi connectivity index (χ1n) is 7.23. The summed E-state index contributed by atoms with van der Waals surface area (Å²) in [6, 6.07) is 11.9. The Kier molecular flexibility index (Phi) is 3.73. The Morgan fingerprint density at radius 1 is 1.26 bits per heavy atom. The zero-order valence-corrected chi connectivity index (χ0v) is 12.9. The number of nitro benzene ring substituents is 1. The zero-order valence-electron chi connectivity index (χ0n) is 12.9. The van der Waals surface area contributed by atoms with E-state index in [-0.39, 0.29) is 17.6 Å². The van der Waals surface area contributed by atoms with Crippen LogP contribution in [-0.4, -0.2) is 22.8 Å². The van der Waals surface area contributed by atoms with Crippen molar-refractivity contribution in [2.45, 2.75) is 19.5 Å². The first-order valence-corrected chi connectivity index (χ1v) is 7.23. The average Bonchev–Trinajstić information content (AvgIpc) is 2.90. The fraction of sp³-hybridized carbons (Fsp3) is 0.235. The molecule has 6 nitrogen and oxygen atoms in total. The van der Waals surface area contributed by atoms with Crippen molar-refractivity contribution in [3.05, 3.63) is 69.3 Å². The molecule has 1 aliphatic heterocycles. The van der Waals surface area contributed by atoms with Crippen LogP contribution in [0.1, 0.15) is 34.5 Å². The van der Waals surface area contributed by atoms with Gasteiger partial charge in [0.25, 0.3) is 11.6 Å². The van der Waals surface area contributed by atoms with Gasteiger partial charge in [-0.1, -0.05) is 12.1 Å². The quantitative estimate of drug-likeness (QED) is 0.641. The Morgan fingerprint density at radius 3 is 2.74 bits per heavy atom. The monoisotopic (exact) mass is 312 g/mol. The molecular formula is C17H16N2O4. The third-order valence-corrected chi connectivity index (χ3v) is 4.18. The van der Waals surface area contributed by atoms with Crippen molar-refractivity contribution >= 4 is 11.6 Å². The minimum atomic E-state index is -0.484. The Balaban J connectivity index is 1.90. The molecule has 0 saturated carbocycles. The van der Waals surface area contributed by atoms with Gasteiger partial charge in [0.15, 0.2) is 0 Å². The van der Waals surface area contributed by atoms with Crippen molar-refractivity contribution < 1.29 is 14.5 Å². The summed E-state index contributed by atoms with van der Waals surface area (Å²) in [5.41, 5.74) is 2.12. The van der Waals surface area contributed by atoms with Gasteiger partial charge in [-0.05, 0) is 36.2 Å². The van der Waals surface area contributed by atoms with E-state index in [4.69, 9.17) is 4.74 Å². The predicted molar refractivity (Wildman–Crippen MR) is 84.4 cm³/mol. The number of carbonyl (C=O) groups is 1. The predicted octanol–water partition coefficient (Wildman–Crippen LogP) is 3.32. The number of hydrogen-bond acceptors (Lipinski definition) is 4. The number of fused-ring (bicyclic) bond motifs is 1. The second-order valence-corrected chi connectivity index (χ2v) is 5.48. The van der Waals surface area contributed by atoms with E-state index in [0.717, 1.165) is 16.9 Å². The molecule has 1 heterocycles. The van der Waals surface area contributed by atoms with E-state index in [1.54, 1.807) is 18.1 Å². The third-order valence-electron chi connectivity index (χ3n) is 4.18. The summed E-state index contributed by atoms with van der Waals surface area (Å²) in [6.45, 7) is 2.39. The van der Waals surface area contributed by atoms with E-state index in [1.807, 2.05) is 31.2 Å². The normalized spacial score (nSPS) is 14.5. The summed E-state index contributed by atoms with van der Waals surface area (Å²) in [6.07, 6.45) is 0. The summed E-state index contributed by atoms with van der Waals surface area (Å²) in [4.78, 5) is 24.7. The molecule has 118 valence electrons. The second-order valence-electron chi connectivity index (χ2n) is 5.48. The molecule has 2 aromatic carbocycles. The third kappa shape index (κ3) is 2.63. The summed E-state index contributed by atoms with van der Waals surface area (Å²) in [7, 11) is 1.60. The summed E-state index contributed by atoms with van der Waals surface area (Å²) < 4.78 is 5.22. The largest absolute Gasteiger partial charge is 0.497 e. The van der Waals surface area contributed by atoms with Crippen molar-refractivity contribution in [2.75, 3.05) is 7.11 Å². The number of nitrogens with zero attached hydrogens (tertiary/aromatic N) is 2. The van der Waals surface area contributed by atoms with Gasteiger partial charge >= 0.3 is 0 Å². The van der Waals surface area contributed by atoms with Gasteiger partial charge < -0.3 is 9.64 Å². The molecule has 6 heteroatoms. The summed E-state index contributed by atoms with van der Waals surface area (Å²) in [5.74, 6) is 0.549. The Hall–Kier alpha value is -2.89. The second kappa shape index (κ2) is 5.72. The Labute approximate surface area is 133 Å². The van der Waals surface area contributed by atoms with Crippen LogP contribution in [0.25, 0.3) is 0 Å². The van der Waals surface area contributed by atoms with Gasteiger partial charge in [-0.25, -0.2) is 0 Å². The Morgan fingerprint density at radius 2 is 2.04 bits per heavy atom. The fourth-order valence-corrected chi connectivity index (χ4v) is 2.82. The van der Waals surface area contributed by atoms with Crippen LogP contribution >= 0.6 is 0 Å². The molecule has 0 N–H and O–H groups in total. The average molecular weight is 312 g/mol. The number of non-ortho nitro benzene ring substituents is 1. The van der Waals surface area contributed by atoms with E-state index in [1.165, 1.54) is 12.1 Å². The molecule has 0 radical (unpaired) electrons. The SMILES string of the molecule is COc1cccc([C@@H](C)N2Cc3ccc([N+](=O)[O-])cc3C2=O)c1. The number of ether oxygens (including phenoxy) is 1. The van der Waals surface area contributed by atoms with Gasteiger partial charge in [-0.15, -0.1) is 0 Å². The van der Waals surface area contributed by atoms with Crippen molar-refractivity contribution in [1.82, 2.24) is 4.90 Å². The highest BCUT2D eigenvalue weighted by atomic mass is 16.6. The van der Waals surface area contributed by atoms with E-state index in [0.29, 0.717) is 12.1 Å². The lowest BCUT2D eigenvalue weighted by atomic mass is 10.1. The summed E-state index contributed by atoms with van der Waals surface area (Å²) >= 11 is 0. The highest BCUT2D eigenvalue weighted by Gasteiger charge is 2.32. The van der Waals surface area contributed by atoms with E-state index >= 15 is 0 Å².